The standard InChI is InChI=1S/C19H23NO3/c1-13-8-6-7-9-15(13)18(21)20-19(2,3)14-10-11-16(22-4)17(12-14)23-5/h6-12H,1-5H3,(H,20,21). The molecule has 0 aliphatic heterocycles. The zero-order chi connectivity index (χ0) is 17.0. The van der Waals surface area contributed by atoms with E-state index in [2.05, 4.69) is 5.32 Å². The lowest BCUT2D eigenvalue weighted by atomic mass is 9.93. The van der Waals surface area contributed by atoms with Gasteiger partial charge >= 0.3 is 0 Å². The van der Waals surface area contributed by atoms with E-state index in [-0.39, 0.29) is 5.91 Å². The van der Waals surface area contributed by atoms with Crippen LogP contribution in [0.1, 0.15) is 35.3 Å². The molecule has 0 fully saturated rings. The van der Waals surface area contributed by atoms with Gasteiger partial charge in [-0.05, 0) is 50.1 Å². The number of benzene rings is 2. The van der Waals surface area contributed by atoms with E-state index in [9.17, 15) is 4.79 Å². The SMILES string of the molecule is COc1ccc(C(C)(C)NC(=O)c2ccccc2C)cc1OC. The molecule has 0 spiro atoms. The van der Waals surface area contributed by atoms with Gasteiger partial charge in [-0.15, -0.1) is 0 Å². The first-order valence-electron chi connectivity index (χ1n) is 7.49. The van der Waals surface area contributed by atoms with Crippen molar-refractivity contribution in [3.63, 3.8) is 0 Å². The molecule has 0 heterocycles. The van der Waals surface area contributed by atoms with E-state index >= 15 is 0 Å². The van der Waals surface area contributed by atoms with E-state index in [1.807, 2.05) is 63.2 Å². The van der Waals surface area contributed by atoms with E-state index in [0.717, 1.165) is 11.1 Å². The summed E-state index contributed by atoms with van der Waals surface area (Å²) in [6.07, 6.45) is 0. The van der Waals surface area contributed by atoms with Crippen molar-refractivity contribution in [3.8, 4) is 11.5 Å². The summed E-state index contributed by atoms with van der Waals surface area (Å²) in [4.78, 5) is 12.6. The molecule has 0 aliphatic rings. The maximum atomic E-state index is 12.6. The second-order valence-electron chi connectivity index (χ2n) is 5.96. The summed E-state index contributed by atoms with van der Waals surface area (Å²) in [6.45, 7) is 5.85. The Kier molecular flexibility index (Phi) is 4.94. The summed E-state index contributed by atoms with van der Waals surface area (Å²) >= 11 is 0. The molecule has 0 saturated heterocycles. The third-order valence-electron chi connectivity index (χ3n) is 3.92. The monoisotopic (exact) mass is 313 g/mol. The first kappa shape index (κ1) is 16.9. The zero-order valence-electron chi connectivity index (χ0n) is 14.3. The highest BCUT2D eigenvalue weighted by molar-refractivity contribution is 5.96. The highest BCUT2D eigenvalue weighted by Crippen LogP contribution is 2.32. The number of ether oxygens (including phenoxy) is 2. The van der Waals surface area contributed by atoms with Crippen molar-refractivity contribution in [3.05, 3.63) is 59.2 Å². The molecule has 1 N–H and O–H groups in total. The van der Waals surface area contributed by atoms with Crippen molar-refractivity contribution in [1.29, 1.82) is 0 Å². The summed E-state index contributed by atoms with van der Waals surface area (Å²) in [5.74, 6) is 1.21. The number of methoxy groups -OCH3 is 2. The van der Waals surface area contributed by atoms with E-state index in [1.54, 1.807) is 14.2 Å². The minimum absolute atomic E-state index is 0.0946. The Hall–Kier alpha value is -2.49. The predicted molar refractivity (Wildman–Crippen MR) is 91.2 cm³/mol. The molecule has 0 bridgehead atoms. The lowest BCUT2D eigenvalue weighted by molar-refractivity contribution is 0.0911. The number of carbonyl (C=O) groups is 1. The highest BCUT2D eigenvalue weighted by Gasteiger charge is 2.25. The Morgan fingerprint density at radius 1 is 1.00 bits per heavy atom. The predicted octanol–water partition coefficient (Wildman–Crippen LogP) is 3.68. The molecule has 23 heavy (non-hydrogen) atoms. The molecule has 4 nitrogen and oxygen atoms in total. The van der Waals surface area contributed by atoms with Crippen LogP contribution >= 0.6 is 0 Å². The molecule has 1 amide bonds. The zero-order valence-corrected chi connectivity index (χ0v) is 14.3. The van der Waals surface area contributed by atoms with Gasteiger partial charge in [0.1, 0.15) is 0 Å². The van der Waals surface area contributed by atoms with Crippen LogP contribution < -0.4 is 14.8 Å². The minimum Gasteiger partial charge on any atom is -0.493 e. The number of rotatable bonds is 5. The van der Waals surface area contributed by atoms with Crippen molar-refractivity contribution < 1.29 is 14.3 Å². The Morgan fingerprint density at radius 3 is 2.26 bits per heavy atom. The van der Waals surface area contributed by atoms with Gasteiger partial charge in [0, 0.05) is 5.56 Å². The normalized spacial score (nSPS) is 11.0. The molecule has 0 aliphatic carbocycles. The average molecular weight is 313 g/mol. The summed E-state index contributed by atoms with van der Waals surface area (Å²) in [6, 6.07) is 13.2. The largest absolute Gasteiger partial charge is 0.493 e. The quantitative estimate of drug-likeness (QED) is 0.916. The fourth-order valence-electron chi connectivity index (χ4n) is 2.48. The number of carbonyl (C=O) groups excluding carboxylic acids is 1. The van der Waals surface area contributed by atoms with E-state index < -0.39 is 5.54 Å². The maximum Gasteiger partial charge on any atom is 0.252 e. The molecule has 0 radical (unpaired) electrons. The molecule has 122 valence electrons. The smallest absolute Gasteiger partial charge is 0.252 e. The molecule has 0 saturated carbocycles. The van der Waals surface area contributed by atoms with Crippen LogP contribution in [0.5, 0.6) is 11.5 Å². The summed E-state index contributed by atoms with van der Waals surface area (Å²) in [5.41, 5.74) is 2.03. The van der Waals surface area contributed by atoms with E-state index in [1.165, 1.54) is 0 Å². The second kappa shape index (κ2) is 6.73. The van der Waals surface area contributed by atoms with E-state index in [4.69, 9.17) is 9.47 Å². The molecule has 0 unspecified atom stereocenters. The Labute approximate surface area is 137 Å². The number of hydrogen-bond donors (Lipinski definition) is 1. The van der Waals surface area contributed by atoms with Crippen molar-refractivity contribution in [2.45, 2.75) is 26.3 Å². The molecule has 4 heteroatoms. The van der Waals surface area contributed by atoms with Gasteiger partial charge in [0.15, 0.2) is 11.5 Å². The molecule has 0 aromatic heterocycles. The fourth-order valence-corrected chi connectivity index (χ4v) is 2.48. The lowest BCUT2D eigenvalue weighted by Gasteiger charge is -2.28. The topological polar surface area (TPSA) is 47.6 Å². The molecule has 2 aromatic carbocycles. The van der Waals surface area contributed by atoms with Gasteiger partial charge in [0.2, 0.25) is 0 Å². The fraction of sp³-hybridized carbons (Fsp3) is 0.316. The van der Waals surface area contributed by atoms with Crippen LogP contribution in [0.3, 0.4) is 0 Å². The molecule has 2 rings (SSSR count). The first-order chi connectivity index (χ1) is 10.9. The van der Waals surface area contributed by atoms with Gasteiger partial charge in [-0.25, -0.2) is 0 Å². The van der Waals surface area contributed by atoms with Crippen LogP contribution in [0.2, 0.25) is 0 Å². The third-order valence-corrected chi connectivity index (χ3v) is 3.92. The maximum absolute atomic E-state index is 12.6. The average Bonchev–Trinajstić information content (AvgIpc) is 2.54. The van der Waals surface area contributed by atoms with Gasteiger partial charge in [0.25, 0.3) is 5.91 Å². The molecule has 0 atom stereocenters. The third kappa shape index (κ3) is 3.65. The Balaban J connectivity index is 2.28. The van der Waals surface area contributed by atoms with E-state index in [0.29, 0.717) is 17.1 Å². The summed E-state index contributed by atoms with van der Waals surface area (Å²) < 4.78 is 10.6. The van der Waals surface area contributed by atoms with Gasteiger partial charge < -0.3 is 14.8 Å². The lowest BCUT2D eigenvalue weighted by Crippen LogP contribution is -2.41. The van der Waals surface area contributed by atoms with Crippen molar-refractivity contribution in [1.82, 2.24) is 5.32 Å². The molecular formula is C19H23NO3. The van der Waals surface area contributed by atoms with Crippen LogP contribution in [0, 0.1) is 6.92 Å². The van der Waals surface area contributed by atoms with Crippen LogP contribution in [0.25, 0.3) is 0 Å². The van der Waals surface area contributed by atoms with Gasteiger partial charge in [-0.1, -0.05) is 24.3 Å². The van der Waals surface area contributed by atoms with Crippen LogP contribution in [0.15, 0.2) is 42.5 Å². The van der Waals surface area contributed by atoms with Crippen molar-refractivity contribution >= 4 is 5.91 Å². The van der Waals surface area contributed by atoms with Crippen LogP contribution in [-0.2, 0) is 5.54 Å². The number of amides is 1. The number of hydrogen-bond acceptors (Lipinski definition) is 3. The van der Waals surface area contributed by atoms with Crippen molar-refractivity contribution in [2.24, 2.45) is 0 Å². The summed E-state index contributed by atoms with van der Waals surface area (Å²) in [7, 11) is 3.20. The minimum atomic E-state index is -0.543. The molecule has 2 aromatic rings. The van der Waals surface area contributed by atoms with Crippen LogP contribution in [0.4, 0.5) is 0 Å². The van der Waals surface area contributed by atoms with Gasteiger partial charge in [0.05, 0.1) is 19.8 Å². The first-order valence-corrected chi connectivity index (χ1v) is 7.49. The van der Waals surface area contributed by atoms with Gasteiger partial charge in [-0.3, -0.25) is 4.79 Å². The molecular weight excluding hydrogens is 290 g/mol. The summed E-state index contributed by atoms with van der Waals surface area (Å²) in [5, 5.41) is 3.08. The van der Waals surface area contributed by atoms with Crippen molar-refractivity contribution in [2.75, 3.05) is 14.2 Å². The number of nitrogens with one attached hydrogen (secondary N) is 1. The Morgan fingerprint density at radius 2 is 1.65 bits per heavy atom. The van der Waals surface area contributed by atoms with Crippen LogP contribution in [-0.4, -0.2) is 20.1 Å². The van der Waals surface area contributed by atoms with Gasteiger partial charge in [-0.2, -0.15) is 0 Å². The Bertz CT molecular complexity index is 708. The second-order valence-corrected chi connectivity index (χ2v) is 5.96. The number of aryl methyl sites for hydroxylation is 1. The highest BCUT2D eigenvalue weighted by atomic mass is 16.5.